The Morgan fingerprint density at radius 3 is 2.36 bits per heavy atom. The lowest BCUT2D eigenvalue weighted by Gasteiger charge is -2.34. The van der Waals surface area contributed by atoms with E-state index in [1.54, 1.807) is 18.7 Å². The molecule has 1 aromatic carbocycles. The van der Waals surface area contributed by atoms with Gasteiger partial charge in [0.2, 0.25) is 5.91 Å². The predicted octanol–water partition coefficient (Wildman–Crippen LogP) is 3.31. The number of piperazine rings is 1. The summed E-state index contributed by atoms with van der Waals surface area (Å²) in [4.78, 5) is 20.1. The monoisotopic (exact) mass is 408 g/mol. The number of hydrogen-bond acceptors (Lipinski definition) is 3. The van der Waals surface area contributed by atoms with E-state index in [-0.39, 0.29) is 36.4 Å². The number of alkyl halides is 6. The second kappa shape index (κ2) is 6.64. The van der Waals surface area contributed by atoms with Crippen LogP contribution in [0.5, 0.6) is 0 Å². The van der Waals surface area contributed by atoms with Crippen molar-refractivity contribution in [3.05, 3.63) is 29.1 Å². The van der Waals surface area contributed by atoms with E-state index in [4.69, 9.17) is 0 Å². The molecule has 0 saturated carbocycles. The highest BCUT2D eigenvalue weighted by atomic mass is 19.4. The molecule has 0 radical (unpaired) electrons. The predicted molar refractivity (Wildman–Crippen MR) is 88.6 cm³/mol. The molecule has 1 aliphatic heterocycles. The van der Waals surface area contributed by atoms with Gasteiger partial charge >= 0.3 is 12.4 Å². The maximum atomic E-state index is 13.3. The topological polar surface area (TPSA) is 61.0 Å². The van der Waals surface area contributed by atoms with Gasteiger partial charge in [0.25, 0.3) is 0 Å². The van der Waals surface area contributed by atoms with Gasteiger partial charge in [0.15, 0.2) is 0 Å². The van der Waals surface area contributed by atoms with Gasteiger partial charge in [-0.15, -0.1) is 0 Å². The van der Waals surface area contributed by atoms with Crippen LogP contribution in [0.3, 0.4) is 0 Å². The summed E-state index contributed by atoms with van der Waals surface area (Å²) in [6, 6.07) is 0.687. The smallest absolute Gasteiger partial charge is 0.341 e. The highest BCUT2D eigenvalue weighted by molar-refractivity contribution is 5.81. The number of nitrogens with one attached hydrogen (secondary N) is 2. The zero-order chi connectivity index (χ0) is 20.9. The highest BCUT2D eigenvalue weighted by Crippen LogP contribution is 2.40. The molecule has 0 spiro atoms. The average molecular weight is 408 g/mol. The van der Waals surface area contributed by atoms with Crippen molar-refractivity contribution in [3.63, 3.8) is 0 Å². The number of nitrogens with zero attached hydrogens (tertiary/aromatic N) is 2. The van der Waals surface area contributed by atoms with Crippen LogP contribution in [0.15, 0.2) is 12.1 Å². The molecule has 1 saturated heterocycles. The van der Waals surface area contributed by atoms with Crippen molar-refractivity contribution in [2.24, 2.45) is 0 Å². The van der Waals surface area contributed by atoms with Crippen LogP contribution in [0.2, 0.25) is 0 Å². The van der Waals surface area contributed by atoms with Crippen molar-refractivity contribution in [2.45, 2.75) is 31.6 Å². The number of benzene rings is 1. The first-order chi connectivity index (χ1) is 12.8. The van der Waals surface area contributed by atoms with Gasteiger partial charge in [0.1, 0.15) is 11.3 Å². The number of amides is 1. The zero-order valence-corrected chi connectivity index (χ0v) is 15.1. The Morgan fingerprint density at radius 1 is 1.11 bits per heavy atom. The first-order valence-corrected chi connectivity index (χ1v) is 8.46. The number of rotatable bonds is 3. The van der Waals surface area contributed by atoms with Crippen LogP contribution in [-0.2, 0) is 22.6 Å². The number of fused-ring (bicyclic) bond motifs is 1. The largest absolute Gasteiger partial charge is 0.418 e. The van der Waals surface area contributed by atoms with Gasteiger partial charge in [-0.3, -0.25) is 4.79 Å². The van der Waals surface area contributed by atoms with Crippen LogP contribution in [-0.4, -0.2) is 47.0 Å². The van der Waals surface area contributed by atoms with E-state index in [0.29, 0.717) is 19.2 Å². The van der Waals surface area contributed by atoms with Gasteiger partial charge < -0.3 is 15.2 Å². The van der Waals surface area contributed by atoms with Crippen molar-refractivity contribution < 1.29 is 31.1 Å². The van der Waals surface area contributed by atoms with E-state index >= 15 is 0 Å². The number of H-pyrrole nitrogens is 1. The first kappa shape index (κ1) is 20.4. The Balaban J connectivity index is 2.06. The molecule has 28 heavy (non-hydrogen) atoms. The molecule has 0 bridgehead atoms. The normalized spacial score (nSPS) is 16.9. The van der Waals surface area contributed by atoms with Gasteiger partial charge in [-0.05, 0) is 12.1 Å². The number of aromatic nitrogens is 2. The first-order valence-electron chi connectivity index (χ1n) is 8.46. The third kappa shape index (κ3) is 3.94. The summed E-state index contributed by atoms with van der Waals surface area (Å²) >= 11 is 0. The van der Waals surface area contributed by atoms with Gasteiger partial charge in [0, 0.05) is 25.0 Å². The summed E-state index contributed by atoms with van der Waals surface area (Å²) in [7, 11) is 0. The Bertz CT molecular complexity index is 899. The Kier molecular flexibility index (Phi) is 4.85. The minimum Gasteiger partial charge on any atom is -0.341 e. The van der Waals surface area contributed by atoms with Crippen molar-refractivity contribution >= 4 is 16.9 Å². The van der Waals surface area contributed by atoms with Crippen molar-refractivity contribution in [1.82, 2.24) is 20.2 Å². The van der Waals surface area contributed by atoms with Crippen LogP contribution in [0, 0.1) is 0 Å². The summed E-state index contributed by atoms with van der Waals surface area (Å²) in [5.74, 6) is -0.0792. The molecular weight excluding hydrogens is 390 g/mol. The lowest BCUT2D eigenvalue weighted by Crippen LogP contribution is -2.51. The fraction of sp³-hybridized carbons (Fsp3) is 0.529. The molecular formula is C17H18F6N4O. The van der Waals surface area contributed by atoms with Crippen LogP contribution in [0.4, 0.5) is 26.3 Å². The third-order valence-electron chi connectivity index (χ3n) is 4.63. The highest BCUT2D eigenvalue weighted by Gasteiger charge is 2.40. The van der Waals surface area contributed by atoms with E-state index in [1.807, 2.05) is 0 Å². The van der Waals surface area contributed by atoms with Gasteiger partial charge in [-0.1, -0.05) is 13.8 Å². The van der Waals surface area contributed by atoms with E-state index in [0.717, 1.165) is 0 Å². The summed E-state index contributed by atoms with van der Waals surface area (Å²) in [6.07, 6.45) is -9.92. The van der Waals surface area contributed by atoms with Crippen molar-refractivity contribution in [1.29, 1.82) is 0 Å². The molecule has 5 nitrogen and oxygen atoms in total. The van der Waals surface area contributed by atoms with E-state index in [9.17, 15) is 31.1 Å². The van der Waals surface area contributed by atoms with Gasteiger partial charge in [0.05, 0.1) is 23.2 Å². The van der Waals surface area contributed by atoms with E-state index < -0.39 is 34.4 Å². The number of carbonyl (C=O) groups is 1. The fourth-order valence-corrected chi connectivity index (χ4v) is 3.18. The lowest BCUT2D eigenvalue weighted by molar-refractivity contribution is -0.142. The quantitative estimate of drug-likeness (QED) is 0.767. The van der Waals surface area contributed by atoms with Gasteiger partial charge in [-0.25, -0.2) is 4.98 Å². The minimum atomic E-state index is -5.00. The number of hydrogen-bond donors (Lipinski definition) is 2. The lowest BCUT2D eigenvalue weighted by atomic mass is 9.91. The molecule has 3 rings (SSSR count). The Labute approximate surface area is 156 Å². The molecule has 1 amide bonds. The summed E-state index contributed by atoms with van der Waals surface area (Å²) < 4.78 is 79.1. The van der Waals surface area contributed by atoms with Crippen molar-refractivity contribution in [3.8, 4) is 0 Å². The number of carbonyl (C=O) groups excluding carboxylic acids is 1. The average Bonchev–Trinajstić information content (AvgIpc) is 2.99. The van der Waals surface area contributed by atoms with Crippen molar-refractivity contribution in [2.75, 3.05) is 26.2 Å². The number of imidazole rings is 1. The summed E-state index contributed by atoms with van der Waals surface area (Å²) in [6.45, 7) is 4.66. The number of halogens is 6. The van der Waals surface area contributed by atoms with Gasteiger partial charge in [-0.2, -0.15) is 26.3 Å². The summed E-state index contributed by atoms with van der Waals surface area (Å²) in [5, 5.41) is 2.91. The van der Waals surface area contributed by atoms with E-state index in [1.165, 1.54) is 0 Å². The molecule has 0 atom stereocenters. The molecule has 2 heterocycles. The summed E-state index contributed by atoms with van der Waals surface area (Å²) in [5.41, 5.74) is -4.67. The fourth-order valence-electron chi connectivity index (χ4n) is 3.18. The minimum absolute atomic E-state index is 0.0692. The van der Waals surface area contributed by atoms with Crippen LogP contribution < -0.4 is 5.32 Å². The molecule has 154 valence electrons. The molecule has 11 heteroatoms. The maximum absolute atomic E-state index is 13.3. The Hall–Kier alpha value is -2.30. The molecule has 1 aliphatic rings. The molecule has 0 unspecified atom stereocenters. The Morgan fingerprint density at radius 2 is 1.79 bits per heavy atom. The molecule has 2 N–H and O–H groups in total. The van der Waals surface area contributed by atoms with E-state index in [2.05, 4.69) is 15.3 Å². The van der Waals surface area contributed by atoms with Crippen LogP contribution in [0.25, 0.3) is 11.0 Å². The molecule has 1 aromatic heterocycles. The van der Waals surface area contributed by atoms with Crippen LogP contribution >= 0.6 is 0 Å². The molecule has 2 aromatic rings. The molecule has 0 aliphatic carbocycles. The van der Waals surface area contributed by atoms with Crippen LogP contribution in [0.1, 0.15) is 30.8 Å². The second-order valence-electron chi connectivity index (χ2n) is 7.38. The maximum Gasteiger partial charge on any atom is 0.418 e. The number of aromatic amines is 1. The zero-order valence-electron chi connectivity index (χ0n) is 15.1. The second-order valence-corrected chi connectivity index (χ2v) is 7.38. The third-order valence-corrected chi connectivity index (χ3v) is 4.63. The molecule has 1 fully saturated rings. The SMILES string of the molecule is CC(C)(CN1CCNCC1=O)c1nc2c(C(F)(F)F)cc(C(F)(F)F)cc2[nH]1. The standard InChI is InChI=1S/C17H18F6N4O/c1-15(2,8-27-4-3-24-7-12(27)28)14-25-11-6-9(16(18,19)20)5-10(13(11)26-14)17(21,22)23/h5-6,24H,3-4,7-8H2,1-2H3,(H,25,26).